The van der Waals surface area contributed by atoms with Gasteiger partial charge in [0.05, 0.1) is 5.02 Å². The van der Waals surface area contributed by atoms with Crippen molar-refractivity contribution in [1.29, 1.82) is 0 Å². The second-order valence-corrected chi connectivity index (χ2v) is 6.30. The Labute approximate surface area is 122 Å². The van der Waals surface area contributed by atoms with Gasteiger partial charge in [0.15, 0.2) is 0 Å². The first-order valence-electron chi connectivity index (χ1n) is 5.87. The summed E-state index contributed by atoms with van der Waals surface area (Å²) < 4.78 is 27.1. The molecule has 20 heavy (non-hydrogen) atoms. The van der Waals surface area contributed by atoms with Gasteiger partial charge >= 0.3 is 0 Å². The predicted molar refractivity (Wildman–Crippen MR) is 79.1 cm³/mol. The SMILES string of the molecule is Cc1cccc(NS(=O)(=O)c2cc(CN)ccc2Cl)n1. The molecule has 0 radical (unpaired) electrons. The summed E-state index contributed by atoms with van der Waals surface area (Å²) in [5, 5.41) is 0.141. The van der Waals surface area contributed by atoms with Crippen molar-refractivity contribution in [2.24, 2.45) is 5.73 Å². The van der Waals surface area contributed by atoms with Gasteiger partial charge in [0, 0.05) is 12.2 Å². The van der Waals surface area contributed by atoms with Gasteiger partial charge in [-0.3, -0.25) is 4.72 Å². The van der Waals surface area contributed by atoms with Crippen LogP contribution in [-0.2, 0) is 16.6 Å². The molecule has 0 aliphatic carbocycles. The predicted octanol–water partition coefficient (Wildman–Crippen LogP) is 2.30. The Morgan fingerprint density at radius 3 is 2.70 bits per heavy atom. The maximum atomic E-state index is 12.3. The molecule has 3 N–H and O–H groups in total. The smallest absolute Gasteiger partial charge is 0.264 e. The molecule has 0 spiro atoms. The van der Waals surface area contributed by atoms with E-state index in [9.17, 15) is 8.42 Å². The van der Waals surface area contributed by atoms with Gasteiger partial charge in [0.25, 0.3) is 10.0 Å². The zero-order valence-electron chi connectivity index (χ0n) is 10.8. The fourth-order valence-corrected chi connectivity index (χ4v) is 3.23. The fourth-order valence-electron chi connectivity index (χ4n) is 1.67. The number of anilines is 1. The van der Waals surface area contributed by atoms with Crippen molar-refractivity contribution in [3.05, 3.63) is 52.7 Å². The number of halogens is 1. The van der Waals surface area contributed by atoms with Crippen LogP contribution in [0.4, 0.5) is 5.82 Å². The van der Waals surface area contributed by atoms with Crippen LogP contribution in [0, 0.1) is 6.92 Å². The molecular formula is C13H14ClN3O2S. The maximum Gasteiger partial charge on any atom is 0.264 e. The average molecular weight is 312 g/mol. The highest BCUT2D eigenvalue weighted by Gasteiger charge is 2.19. The first kappa shape index (κ1) is 14.8. The van der Waals surface area contributed by atoms with Crippen LogP contribution in [0.2, 0.25) is 5.02 Å². The van der Waals surface area contributed by atoms with Gasteiger partial charge in [-0.05, 0) is 36.8 Å². The van der Waals surface area contributed by atoms with E-state index >= 15 is 0 Å². The molecule has 0 aliphatic rings. The molecule has 0 saturated heterocycles. The summed E-state index contributed by atoms with van der Waals surface area (Å²) in [6, 6.07) is 9.73. The monoisotopic (exact) mass is 311 g/mol. The van der Waals surface area contributed by atoms with E-state index < -0.39 is 10.0 Å². The summed E-state index contributed by atoms with van der Waals surface area (Å²) in [7, 11) is -3.79. The van der Waals surface area contributed by atoms with Gasteiger partial charge in [0.1, 0.15) is 10.7 Å². The molecule has 0 amide bonds. The third-order valence-corrected chi connectivity index (χ3v) is 4.48. The Bertz CT molecular complexity index is 732. The fraction of sp³-hybridized carbons (Fsp3) is 0.154. The van der Waals surface area contributed by atoms with Crippen LogP contribution in [0.1, 0.15) is 11.3 Å². The van der Waals surface area contributed by atoms with Crippen LogP contribution in [0.25, 0.3) is 0 Å². The van der Waals surface area contributed by atoms with E-state index in [0.29, 0.717) is 11.3 Å². The molecule has 2 aromatic rings. The highest BCUT2D eigenvalue weighted by Crippen LogP contribution is 2.24. The molecule has 0 fully saturated rings. The molecule has 7 heteroatoms. The lowest BCUT2D eigenvalue weighted by Crippen LogP contribution is -2.15. The summed E-state index contributed by atoms with van der Waals surface area (Å²) in [4.78, 5) is 4.09. The molecule has 1 aromatic carbocycles. The van der Waals surface area contributed by atoms with Gasteiger partial charge in [-0.25, -0.2) is 13.4 Å². The molecular weight excluding hydrogens is 298 g/mol. The lowest BCUT2D eigenvalue weighted by molar-refractivity contribution is 0.601. The number of nitrogens with two attached hydrogens (primary N) is 1. The third-order valence-electron chi connectivity index (χ3n) is 2.65. The molecule has 2 rings (SSSR count). The Hall–Kier alpha value is -1.63. The van der Waals surface area contributed by atoms with Crippen molar-refractivity contribution in [1.82, 2.24) is 4.98 Å². The van der Waals surface area contributed by atoms with Crippen LogP contribution in [0.5, 0.6) is 0 Å². The lowest BCUT2D eigenvalue weighted by atomic mass is 10.2. The summed E-state index contributed by atoms with van der Waals surface area (Å²) in [6.07, 6.45) is 0. The molecule has 0 unspecified atom stereocenters. The molecule has 0 bridgehead atoms. The zero-order valence-corrected chi connectivity index (χ0v) is 12.4. The Kier molecular flexibility index (Phi) is 4.27. The van der Waals surface area contributed by atoms with Crippen LogP contribution in [0.15, 0.2) is 41.3 Å². The first-order valence-corrected chi connectivity index (χ1v) is 7.73. The van der Waals surface area contributed by atoms with Gasteiger partial charge in [-0.1, -0.05) is 23.7 Å². The number of nitrogens with zero attached hydrogens (tertiary/aromatic N) is 1. The second kappa shape index (κ2) is 5.78. The number of hydrogen-bond acceptors (Lipinski definition) is 4. The molecule has 5 nitrogen and oxygen atoms in total. The molecule has 0 aliphatic heterocycles. The number of aromatic nitrogens is 1. The Morgan fingerprint density at radius 1 is 1.30 bits per heavy atom. The number of pyridine rings is 1. The van der Waals surface area contributed by atoms with Crippen LogP contribution in [-0.4, -0.2) is 13.4 Å². The highest BCUT2D eigenvalue weighted by molar-refractivity contribution is 7.92. The number of rotatable bonds is 4. The minimum atomic E-state index is -3.79. The lowest BCUT2D eigenvalue weighted by Gasteiger charge is -2.10. The Balaban J connectivity index is 2.40. The van der Waals surface area contributed by atoms with Crippen LogP contribution >= 0.6 is 11.6 Å². The van der Waals surface area contributed by atoms with E-state index in [1.165, 1.54) is 12.1 Å². The van der Waals surface area contributed by atoms with E-state index in [1.54, 1.807) is 31.2 Å². The minimum absolute atomic E-state index is 0.00887. The van der Waals surface area contributed by atoms with Gasteiger partial charge in [-0.15, -0.1) is 0 Å². The zero-order chi connectivity index (χ0) is 14.8. The van der Waals surface area contributed by atoms with E-state index in [0.717, 1.165) is 0 Å². The van der Waals surface area contributed by atoms with Crippen molar-refractivity contribution >= 4 is 27.4 Å². The van der Waals surface area contributed by atoms with Crippen LogP contribution in [0.3, 0.4) is 0 Å². The summed E-state index contributed by atoms with van der Waals surface area (Å²) in [6.45, 7) is 2.02. The van der Waals surface area contributed by atoms with E-state index in [1.807, 2.05) is 0 Å². The van der Waals surface area contributed by atoms with Gasteiger partial charge in [-0.2, -0.15) is 0 Å². The summed E-state index contributed by atoms with van der Waals surface area (Å²) in [5.74, 6) is 0.249. The number of nitrogens with one attached hydrogen (secondary N) is 1. The molecule has 0 atom stereocenters. The summed E-state index contributed by atoms with van der Waals surface area (Å²) >= 11 is 5.95. The van der Waals surface area contributed by atoms with E-state index in [4.69, 9.17) is 17.3 Å². The van der Waals surface area contributed by atoms with E-state index in [2.05, 4.69) is 9.71 Å². The Morgan fingerprint density at radius 2 is 2.05 bits per heavy atom. The highest BCUT2D eigenvalue weighted by atomic mass is 35.5. The van der Waals surface area contributed by atoms with Crippen molar-refractivity contribution < 1.29 is 8.42 Å². The topological polar surface area (TPSA) is 85.1 Å². The molecule has 1 aromatic heterocycles. The molecule has 106 valence electrons. The number of aryl methyl sites for hydroxylation is 1. The number of hydrogen-bond donors (Lipinski definition) is 2. The minimum Gasteiger partial charge on any atom is -0.326 e. The quantitative estimate of drug-likeness (QED) is 0.907. The average Bonchev–Trinajstić information content (AvgIpc) is 2.38. The second-order valence-electron chi connectivity index (χ2n) is 4.24. The van der Waals surface area contributed by atoms with E-state index in [-0.39, 0.29) is 22.3 Å². The first-order chi connectivity index (χ1) is 9.42. The standard InChI is InChI=1S/C13H14ClN3O2S/c1-9-3-2-4-13(16-9)17-20(18,19)12-7-10(8-15)5-6-11(12)14/h2-7H,8,15H2,1H3,(H,16,17). The van der Waals surface area contributed by atoms with Gasteiger partial charge in [0.2, 0.25) is 0 Å². The number of sulfonamides is 1. The summed E-state index contributed by atoms with van der Waals surface area (Å²) in [5.41, 5.74) is 6.92. The normalized spacial score (nSPS) is 11.3. The third kappa shape index (κ3) is 3.27. The molecule has 0 saturated carbocycles. The van der Waals surface area contributed by atoms with Crippen LogP contribution < -0.4 is 10.5 Å². The van der Waals surface area contributed by atoms with Crippen molar-refractivity contribution in [2.45, 2.75) is 18.4 Å². The van der Waals surface area contributed by atoms with Crippen molar-refractivity contribution in [3.63, 3.8) is 0 Å². The molecule has 1 heterocycles. The van der Waals surface area contributed by atoms with Crippen molar-refractivity contribution in [3.8, 4) is 0 Å². The van der Waals surface area contributed by atoms with Crippen molar-refractivity contribution in [2.75, 3.05) is 4.72 Å². The largest absolute Gasteiger partial charge is 0.326 e. The maximum absolute atomic E-state index is 12.3. The van der Waals surface area contributed by atoms with Gasteiger partial charge < -0.3 is 5.73 Å². The number of benzene rings is 1.